The zero-order valence-electron chi connectivity index (χ0n) is 11.3. The van der Waals surface area contributed by atoms with E-state index < -0.39 is 0 Å². The zero-order valence-corrected chi connectivity index (χ0v) is 11.3. The van der Waals surface area contributed by atoms with Crippen LogP contribution in [0.25, 0.3) is 0 Å². The van der Waals surface area contributed by atoms with Gasteiger partial charge in [0.2, 0.25) is 0 Å². The van der Waals surface area contributed by atoms with Gasteiger partial charge in [0.1, 0.15) is 5.75 Å². The minimum absolute atomic E-state index is 0.0117. The predicted molar refractivity (Wildman–Crippen MR) is 76.8 cm³/mol. The molecule has 0 saturated carbocycles. The van der Waals surface area contributed by atoms with E-state index in [1.165, 1.54) is 5.56 Å². The first-order valence-corrected chi connectivity index (χ1v) is 6.51. The molecule has 0 bridgehead atoms. The van der Waals surface area contributed by atoms with Gasteiger partial charge >= 0.3 is 0 Å². The Labute approximate surface area is 114 Å². The summed E-state index contributed by atoms with van der Waals surface area (Å²) in [4.78, 5) is 12.0. The molecule has 0 aliphatic heterocycles. The van der Waals surface area contributed by atoms with Crippen LogP contribution in [-0.4, -0.2) is 12.4 Å². The minimum Gasteiger partial charge on any atom is -0.485 e. The number of aryl methyl sites for hydroxylation is 2. The Morgan fingerprint density at radius 3 is 2.37 bits per heavy atom. The number of hydrogen-bond donors (Lipinski definition) is 0. The topological polar surface area (TPSA) is 26.3 Å². The van der Waals surface area contributed by atoms with Gasteiger partial charge in [0.05, 0.1) is 0 Å². The summed E-state index contributed by atoms with van der Waals surface area (Å²) in [5.74, 6) is 0.747. The largest absolute Gasteiger partial charge is 0.485 e. The van der Waals surface area contributed by atoms with Crippen molar-refractivity contribution >= 4 is 5.78 Å². The molecule has 2 aromatic rings. The monoisotopic (exact) mass is 254 g/mol. The normalized spacial score (nSPS) is 10.2. The Kier molecular flexibility index (Phi) is 4.35. The maximum Gasteiger partial charge on any atom is 0.200 e. The number of rotatable bonds is 5. The summed E-state index contributed by atoms with van der Waals surface area (Å²) in [6, 6.07) is 15.4. The van der Waals surface area contributed by atoms with Crippen LogP contribution in [0.5, 0.6) is 5.75 Å². The summed E-state index contributed by atoms with van der Waals surface area (Å²) in [7, 11) is 0. The fourth-order valence-electron chi connectivity index (χ4n) is 1.93. The summed E-state index contributed by atoms with van der Waals surface area (Å²) >= 11 is 0. The quantitative estimate of drug-likeness (QED) is 0.758. The predicted octanol–water partition coefficient (Wildman–Crippen LogP) is 3.82. The molecule has 98 valence electrons. The van der Waals surface area contributed by atoms with Gasteiger partial charge in [0.25, 0.3) is 0 Å². The molecule has 2 aromatic carbocycles. The molecule has 0 saturated heterocycles. The number of hydrogen-bond acceptors (Lipinski definition) is 2. The first-order chi connectivity index (χ1) is 9.20. The summed E-state index contributed by atoms with van der Waals surface area (Å²) in [5.41, 5.74) is 2.97. The molecule has 0 heterocycles. The van der Waals surface area contributed by atoms with Crippen LogP contribution in [0.2, 0.25) is 0 Å². The van der Waals surface area contributed by atoms with Gasteiger partial charge in [-0.25, -0.2) is 0 Å². The third-order valence-electron chi connectivity index (χ3n) is 3.15. The molecule has 0 atom stereocenters. The first-order valence-electron chi connectivity index (χ1n) is 6.51. The van der Waals surface area contributed by atoms with Gasteiger partial charge in [-0.1, -0.05) is 43.3 Å². The van der Waals surface area contributed by atoms with Gasteiger partial charge in [0, 0.05) is 5.56 Å². The molecule has 0 unspecified atom stereocenters. The smallest absolute Gasteiger partial charge is 0.200 e. The summed E-state index contributed by atoms with van der Waals surface area (Å²) in [6.45, 7) is 4.12. The number of carbonyl (C=O) groups is 1. The summed E-state index contributed by atoms with van der Waals surface area (Å²) in [6.07, 6.45) is 1.00. The van der Waals surface area contributed by atoms with E-state index in [2.05, 4.69) is 6.92 Å². The highest BCUT2D eigenvalue weighted by Crippen LogP contribution is 2.14. The van der Waals surface area contributed by atoms with Crippen LogP contribution in [0.1, 0.15) is 28.4 Å². The molecule has 0 aliphatic carbocycles. The molecule has 0 aromatic heterocycles. The van der Waals surface area contributed by atoms with Crippen molar-refractivity contribution in [3.05, 3.63) is 65.2 Å². The van der Waals surface area contributed by atoms with Crippen LogP contribution in [-0.2, 0) is 6.42 Å². The number of ketones is 1. The molecule has 0 fully saturated rings. The van der Waals surface area contributed by atoms with E-state index in [0.29, 0.717) is 0 Å². The average Bonchev–Trinajstić information content (AvgIpc) is 2.46. The first kappa shape index (κ1) is 13.3. The number of benzene rings is 2. The lowest BCUT2D eigenvalue weighted by molar-refractivity contribution is 0.0921. The van der Waals surface area contributed by atoms with E-state index in [1.54, 1.807) is 0 Å². The fourth-order valence-corrected chi connectivity index (χ4v) is 1.93. The zero-order chi connectivity index (χ0) is 13.7. The van der Waals surface area contributed by atoms with Gasteiger partial charge in [0.15, 0.2) is 12.4 Å². The molecule has 0 radical (unpaired) electrons. The molecular weight excluding hydrogens is 236 g/mol. The SMILES string of the molecule is CCc1ccc(OCC(=O)c2ccccc2C)cc1. The maximum absolute atomic E-state index is 12.0. The molecule has 0 aliphatic rings. The van der Waals surface area contributed by atoms with Crippen LogP contribution in [0, 0.1) is 6.92 Å². The highest BCUT2D eigenvalue weighted by atomic mass is 16.5. The molecule has 0 amide bonds. The van der Waals surface area contributed by atoms with Crippen molar-refractivity contribution in [2.45, 2.75) is 20.3 Å². The Hall–Kier alpha value is -2.09. The van der Waals surface area contributed by atoms with E-state index in [-0.39, 0.29) is 12.4 Å². The second-order valence-corrected chi connectivity index (χ2v) is 4.52. The fraction of sp³-hybridized carbons (Fsp3) is 0.235. The van der Waals surface area contributed by atoms with Crippen LogP contribution in [0.15, 0.2) is 48.5 Å². The number of carbonyl (C=O) groups excluding carboxylic acids is 1. The van der Waals surface area contributed by atoms with E-state index in [1.807, 2.05) is 55.5 Å². The summed E-state index contributed by atoms with van der Waals surface area (Å²) in [5, 5.41) is 0. The van der Waals surface area contributed by atoms with Gasteiger partial charge in [-0.15, -0.1) is 0 Å². The van der Waals surface area contributed by atoms with Crippen molar-refractivity contribution < 1.29 is 9.53 Å². The third kappa shape index (κ3) is 3.44. The third-order valence-corrected chi connectivity index (χ3v) is 3.15. The van der Waals surface area contributed by atoms with Crippen LogP contribution >= 0.6 is 0 Å². The molecule has 2 nitrogen and oxygen atoms in total. The van der Waals surface area contributed by atoms with E-state index in [4.69, 9.17) is 4.74 Å². The average molecular weight is 254 g/mol. The maximum atomic E-state index is 12.0. The Bertz CT molecular complexity index is 556. The van der Waals surface area contributed by atoms with E-state index >= 15 is 0 Å². The Morgan fingerprint density at radius 1 is 1.05 bits per heavy atom. The second kappa shape index (κ2) is 6.19. The van der Waals surface area contributed by atoms with Gasteiger partial charge in [-0.05, 0) is 36.6 Å². The van der Waals surface area contributed by atoms with Crippen molar-refractivity contribution in [1.82, 2.24) is 0 Å². The van der Waals surface area contributed by atoms with Crippen molar-refractivity contribution in [1.29, 1.82) is 0 Å². The van der Waals surface area contributed by atoms with Crippen LogP contribution < -0.4 is 4.74 Å². The lowest BCUT2D eigenvalue weighted by Gasteiger charge is -2.07. The molecule has 19 heavy (non-hydrogen) atoms. The van der Waals surface area contributed by atoms with Gasteiger partial charge in [-0.3, -0.25) is 4.79 Å². The van der Waals surface area contributed by atoms with Crippen molar-refractivity contribution in [3.8, 4) is 5.75 Å². The van der Waals surface area contributed by atoms with Crippen molar-refractivity contribution in [2.75, 3.05) is 6.61 Å². The molecule has 2 rings (SSSR count). The second-order valence-electron chi connectivity index (χ2n) is 4.52. The minimum atomic E-state index is 0.0117. The van der Waals surface area contributed by atoms with Crippen LogP contribution in [0.3, 0.4) is 0 Å². The lowest BCUT2D eigenvalue weighted by atomic mass is 10.1. The molecular formula is C17H18O2. The van der Waals surface area contributed by atoms with Crippen molar-refractivity contribution in [2.24, 2.45) is 0 Å². The summed E-state index contributed by atoms with van der Waals surface area (Å²) < 4.78 is 5.53. The molecule has 0 spiro atoms. The molecule has 0 N–H and O–H groups in total. The van der Waals surface area contributed by atoms with Gasteiger partial charge in [-0.2, -0.15) is 0 Å². The van der Waals surface area contributed by atoms with E-state index in [9.17, 15) is 4.79 Å². The molecule has 2 heteroatoms. The Balaban J connectivity index is 1.98. The highest BCUT2D eigenvalue weighted by Gasteiger charge is 2.08. The van der Waals surface area contributed by atoms with Crippen LogP contribution in [0.4, 0.5) is 0 Å². The number of Topliss-reactive ketones (excluding diaryl/α,β-unsaturated/α-hetero) is 1. The lowest BCUT2D eigenvalue weighted by Crippen LogP contribution is -2.12. The standard InChI is InChI=1S/C17H18O2/c1-3-14-8-10-15(11-9-14)19-12-17(18)16-7-5-4-6-13(16)2/h4-11H,3,12H2,1-2H3. The number of ether oxygens (including phenoxy) is 1. The highest BCUT2D eigenvalue weighted by molar-refractivity contribution is 5.98. The van der Waals surface area contributed by atoms with Crippen molar-refractivity contribution in [3.63, 3.8) is 0 Å². The van der Waals surface area contributed by atoms with Gasteiger partial charge < -0.3 is 4.74 Å². The van der Waals surface area contributed by atoms with E-state index in [0.717, 1.165) is 23.3 Å². The Morgan fingerprint density at radius 2 is 1.74 bits per heavy atom.